The Labute approximate surface area is 293 Å². The van der Waals surface area contributed by atoms with Crippen LogP contribution in [0.2, 0.25) is 5.02 Å². The van der Waals surface area contributed by atoms with Gasteiger partial charge in [0.25, 0.3) is 10.0 Å². The van der Waals surface area contributed by atoms with Crippen LogP contribution in [-0.4, -0.2) is 58.0 Å². The smallest absolute Gasteiger partial charge is 0.264 e. The summed E-state index contributed by atoms with van der Waals surface area (Å²) in [6.45, 7) is 1.26. The van der Waals surface area contributed by atoms with Crippen LogP contribution in [0.25, 0.3) is 0 Å². The fourth-order valence-electron chi connectivity index (χ4n) is 6.10. The molecule has 49 heavy (non-hydrogen) atoms. The van der Waals surface area contributed by atoms with E-state index in [0.29, 0.717) is 11.3 Å². The third kappa shape index (κ3) is 8.93. The number of nitrogens with one attached hydrogen (secondary N) is 1. The molecule has 1 saturated carbocycles. The lowest BCUT2D eigenvalue weighted by Gasteiger charge is -2.34. The molecule has 1 N–H and O–H groups in total. The number of anilines is 1. The molecule has 0 radical (unpaired) electrons. The molecule has 0 aliphatic heterocycles. The highest BCUT2D eigenvalue weighted by molar-refractivity contribution is 7.92. The van der Waals surface area contributed by atoms with Gasteiger partial charge in [0.15, 0.2) is 0 Å². The highest BCUT2D eigenvalue weighted by atomic mass is 35.5. The minimum absolute atomic E-state index is 0.00733. The Morgan fingerprint density at radius 2 is 1.57 bits per heavy atom. The van der Waals surface area contributed by atoms with Crippen LogP contribution in [0.15, 0.2) is 102 Å². The van der Waals surface area contributed by atoms with Crippen LogP contribution in [0.3, 0.4) is 0 Å². The first kappa shape index (κ1) is 35.8. The maximum absolute atomic E-state index is 14.8. The summed E-state index contributed by atoms with van der Waals surface area (Å²) in [5, 5.41) is 3.45. The Hall–Kier alpha value is -4.54. The van der Waals surface area contributed by atoms with Crippen molar-refractivity contribution in [1.82, 2.24) is 10.2 Å². The van der Waals surface area contributed by atoms with Crippen LogP contribution in [0.4, 0.5) is 5.69 Å². The minimum atomic E-state index is -4.33. The van der Waals surface area contributed by atoms with E-state index in [2.05, 4.69) is 5.32 Å². The summed E-state index contributed by atoms with van der Waals surface area (Å²) in [6.07, 6.45) is 4.00. The van der Waals surface area contributed by atoms with Crippen molar-refractivity contribution >= 4 is 39.1 Å². The second-order valence-corrected chi connectivity index (χ2v) is 14.5. The molecule has 258 valence electrons. The van der Waals surface area contributed by atoms with Gasteiger partial charge < -0.3 is 19.7 Å². The first-order valence-electron chi connectivity index (χ1n) is 16.3. The lowest BCUT2D eigenvalue weighted by molar-refractivity contribution is -0.140. The van der Waals surface area contributed by atoms with Crippen LogP contribution in [0.5, 0.6) is 11.5 Å². The summed E-state index contributed by atoms with van der Waals surface area (Å²) in [4.78, 5) is 30.5. The SMILES string of the molecule is COc1cccc(CN(C(=O)CN(c2cc(Cl)ccc2OC)S(=O)(=O)c2ccc(C)cc2)C(Cc2ccccc2)C(=O)NC2CCCC2)c1. The second kappa shape index (κ2) is 16.2. The quantitative estimate of drug-likeness (QED) is 0.160. The highest BCUT2D eigenvalue weighted by Gasteiger charge is 2.36. The largest absolute Gasteiger partial charge is 0.497 e. The molecule has 11 heteroatoms. The number of ether oxygens (including phenoxy) is 2. The topological polar surface area (TPSA) is 105 Å². The second-order valence-electron chi connectivity index (χ2n) is 12.2. The third-order valence-corrected chi connectivity index (χ3v) is 10.8. The first-order chi connectivity index (χ1) is 23.6. The van der Waals surface area contributed by atoms with Crippen molar-refractivity contribution in [3.05, 3.63) is 119 Å². The van der Waals surface area contributed by atoms with E-state index in [9.17, 15) is 18.0 Å². The Balaban J connectivity index is 1.61. The van der Waals surface area contributed by atoms with E-state index in [4.69, 9.17) is 21.1 Å². The Morgan fingerprint density at radius 1 is 0.878 bits per heavy atom. The lowest BCUT2D eigenvalue weighted by Crippen LogP contribution is -2.54. The van der Waals surface area contributed by atoms with Crippen LogP contribution >= 0.6 is 11.6 Å². The van der Waals surface area contributed by atoms with E-state index in [1.165, 1.54) is 30.2 Å². The van der Waals surface area contributed by atoms with Crippen molar-refractivity contribution < 1.29 is 27.5 Å². The number of amides is 2. The van der Waals surface area contributed by atoms with Crippen molar-refractivity contribution in [2.24, 2.45) is 0 Å². The Morgan fingerprint density at radius 3 is 2.24 bits per heavy atom. The predicted molar refractivity (Wildman–Crippen MR) is 192 cm³/mol. The number of carbonyl (C=O) groups excluding carboxylic acids is 2. The maximum atomic E-state index is 14.8. The number of sulfonamides is 1. The molecule has 1 aliphatic carbocycles. The molecule has 2 amide bonds. The van der Waals surface area contributed by atoms with Crippen LogP contribution in [-0.2, 0) is 32.6 Å². The molecule has 1 fully saturated rings. The van der Waals surface area contributed by atoms with Gasteiger partial charge in [-0.2, -0.15) is 0 Å². The van der Waals surface area contributed by atoms with Gasteiger partial charge in [-0.25, -0.2) is 8.42 Å². The van der Waals surface area contributed by atoms with Gasteiger partial charge in [0.05, 0.1) is 24.8 Å². The molecule has 0 spiro atoms. The molecular formula is C38H42ClN3O6S. The molecule has 4 aromatic carbocycles. The Bertz CT molecular complexity index is 1850. The fourth-order valence-corrected chi connectivity index (χ4v) is 7.68. The predicted octanol–water partition coefficient (Wildman–Crippen LogP) is 6.56. The van der Waals surface area contributed by atoms with Gasteiger partial charge in [0, 0.05) is 24.0 Å². The molecule has 0 aromatic heterocycles. The summed E-state index contributed by atoms with van der Waals surface area (Å²) in [5.41, 5.74) is 2.55. The molecule has 0 saturated heterocycles. The summed E-state index contributed by atoms with van der Waals surface area (Å²) in [5.74, 6) is -0.0671. The van der Waals surface area contributed by atoms with Crippen LogP contribution in [0.1, 0.15) is 42.4 Å². The molecule has 0 heterocycles. The zero-order chi connectivity index (χ0) is 35.0. The first-order valence-corrected chi connectivity index (χ1v) is 18.1. The summed E-state index contributed by atoms with van der Waals surface area (Å²) in [7, 11) is -1.35. The van der Waals surface area contributed by atoms with Gasteiger partial charge in [-0.1, -0.05) is 84.6 Å². The van der Waals surface area contributed by atoms with E-state index in [-0.39, 0.29) is 46.3 Å². The van der Waals surface area contributed by atoms with Crippen molar-refractivity contribution in [3.8, 4) is 11.5 Å². The Kier molecular flexibility index (Phi) is 11.9. The zero-order valence-corrected chi connectivity index (χ0v) is 29.5. The lowest BCUT2D eigenvalue weighted by atomic mass is 10.0. The van der Waals surface area contributed by atoms with Crippen molar-refractivity contribution in [2.75, 3.05) is 25.1 Å². The highest BCUT2D eigenvalue weighted by Crippen LogP contribution is 2.35. The molecule has 0 bridgehead atoms. The number of hydrogen-bond donors (Lipinski definition) is 1. The molecule has 5 rings (SSSR count). The van der Waals surface area contributed by atoms with Gasteiger partial charge in [0.1, 0.15) is 24.1 Å². The monoisotopic (exact) mass is 703 g/mol. The van der Waals surface area contributed by atoms with E-state index in [1.54, 1.807) is 43.5 Å². The standard InChI is InChI=1S/C38H42ClN3O6S/c1-27-16-19-33(20-17-27)49(45,46)42(34-24-30(39)18-21-36(34)48-3)26-37(43)41(25-29-12-9-15-32(22-29)47-2)35(23-28-10-5-4-6-11-28)38(44)40-31-13-7-8-14-31/h4-6,9-12,15-22,24,31,35H,7-8,13-14,23,25-26H2,1-3H3,(H,40,44). The van der Waals surface area contributed by atoms with Gasteiger partial charge in [-0.15, -0.1) is 0 Å². The number of aryl methyl sites for hydroxylation is 1. The normalized spacial score (nSPS) is 13.8. The van der Waals surface area contributed by atoms with Crippen molar-refractivity contribution in [1.29, 1.82) is 0 Å². The minimum Gasteiger partial charge on any atom is -0.497 e. The number of carbonyl (C=O) groups is 2. The molecule has 9 nitrogen and oxygen atoms in total. The van der Waals surface area contributed by atoms with Gasteiger partial charge >= 0.3 is 0 Å². The molecule has 4 aromatic rings. The zero-order valence-electron chi connectivity index (χ0n) is 28.0. The number of methoxy groups -OCH3 is 2. The maximum Gasteiger partial charge on any atom is 0.264 e. The third-order valence-electron chi connectivity index (χ3n) is 8.76. The average Bonchev–Trinajstić information content (AvgIpc) is 3.62. The summed E-state index contributed by atoms with van der Waals surface area (Å²) >= 11 is 6.40. The van der Waals surface area contributed by atoms with Crippen LogP contribution in [0, 0.1) is 6.92 Å². The van der Waals surface area contributed by atoms with E-state index in [1.807, 2.05) is 49.4 Å². The molecular weight excluding hydrogens is 662 g/mol. The fraction of sp³-hybridized carbons (Fsp3) is 0.316. The number of rotatable bonds is 14. The molecule has 1 aliphatic rings. The number of hydrogen-bond acceptors (Lipinski definition) is 6. The van der Waals surface area contributed by atoms with Gasteiger partial charge in [-0.3, -0.25) is 13.9 Å². The average molecular weight is 704 g/mol. The molecule has 1 atom stereocenters. The molecule has 1 unspecified atom stereocenters. The van der Waals surface area contributed by atoms with E-state index in [0.717, 1.165) is 41.1 Å². The number of nitrogens with zero attached hydrogens (tertiary/aromatic N) is 2. The van der Waals surface area contributed by atoms with E-state index >= 15 is 0 Å². The van der Waals surface area contributed by atoms with Crippen molar-refractivity contribution in [3.63, 3.8) is 0 Å². The van der Waals surface area contributed by atoms with Gasteiger partial charge in [0.2, 0.25) is 11.8 Å². The number of halogens is 1. The van der Waals surface area contributed by atoms with Crippen molar-refractivity contribution in [2.45, 2.75) is 62.6 Å². The van der Waals surface area contributed by atoms with Crippen LogP contribution < -0.4 is 19.1 Å². The summed E-state index contributed by atoms with van der Waals surface area (Å²) < 4.78 is 40.8. The van der Waals surface area contributed by atoms with Gasteiger partial charge in [-0.05, 0) is 73.4 Å². The van der Waals surface area contributed by atoms with E-state index < -0.39 is 28.5 Å². The number of benzene rings is 4. The summed E-state index contributed by atoms with van der Waals surface area (Å²) in [6, 6.07) is 26.8.